The van der Waals surface area contributed by atoms with Crippen LogP contribution in [-0.4, -0.2) is 13.4 Å². The number of hydrogen-bond acceptors (Lipinski definition) is 4. The molecule has 2 aromatic carbocycles. The molecule has 0 fully saturated rings. The van der Waals surface area contributed by atoms with Gasteiger partial charge in [-0.25, -0.2) is 18.5 Å². The van der Waals surface area contributed by atoms with Crippen LogP contribution in [0.5, 0.6) is 0 Å². The lowest BCUT2D eigenvalue weighted by atomic mass is 10.0. The van der Waals surface area contributed by atoms with E-state index in [9.17, 15) is 8.42 Å². The summed E-state index contributed by atoms with van der Waals surface area (Å²) in [7, 11) is -3.77. The smallest absolute Gasteiger partial charge is 0.238 e. The number of rotatable bonds is 3. The third kappa shape index (κ3) is 2.94. The fraction of sp³-hybridized carbons (Fsp3) is 0.0625. The van der Waals surface area contributed by atoms with Crippen molar-refractivity contribution in [3.63, 3.8) is 0 Å². The van der Waals surface area contributed by atoms with Gasteiger partial charge >= 0.3 is 0 Å². The Morgan fingerprint density at radius 3 is 2.45 bits per heavy atom. The van der Waals surface area contributed by atoms with Crippen molar-refractivity contribution in [2.24, 2.45) is 5.14 Å². The highest BCUT2D eigenvalue weighted by atomic mass is 32.2. The number of thiazole rings is 1. The highest BCUT2D eigenvalue weighted by molar-refractivity contribution is 7.89. The number of sulfonamides is 1. The Bertz CT molecular complexity index is 931. The molecule has 0 atom stereocenters. The highest BCUT2D eigenvalue weighted by Crippen LogP contribution is 2.31. The number of nitrogens with zero attached hydrogens (tertiary/aromatic N) is 1. The van der Waals surface area contributed by atoms with Gasteiger partial charge in [0.25, 0.3) is 0 Å². The van der Waals surface area contributed by atoms with Crippen LogP contribution in [0.4, 0.5) is 0 Å². The van der Waals surface area contributed by atoms with Gasteiger partial charge in [0, 0.05) is 22.2 Å². The van der Waals surface area contributed by atoms with Crippen LogP contribution in [0.1, 0.15) is 4.88 Å². The van der Waals surface area contributed by atoms with Crippen molar-refractivity contribution >= 4 is 21.4 Å². The van der Waals surface area contributed by atoms with Gasteiger partial charge in [0.2, 0.25) is 10.0 Å². The Balaban J connectivity index is 2.15. The molecule has 112 valence electrons. The van der Waals surface area contributed by atoms with Gasteiger partial charge in [-0.3, -0.25) is 0 Å². The van der Waals surface area contributed by atoms with Gasteiger partial charge in [-0.2, -0.15) is 0 Å². The van der Waals surface area contributed by atoms with Crippen molar-refractivity contribution in [2.75, 3.05) is 0 Å². The monoisotopic (exact) mass is 330 g/mol. The fourth-order valence-electron chi connectivity index (χ4n) is 2.26. The normalized spacial score (nSPS) is 11.5. The number of aromatic nitrogens is 1. The SMILES string of the molecule is Cc1cnc(-c2cccc(-c3ccccc3S(N)(=O)=O)c2)s1. The summed E-state index contributed by atoms with van der Waals surface area (Å²) in [6, 6.07) is 14.4. The van der Waals surface area contributed by atoms with E-state index < -0.39 is 10.0 Å². The van der Waals surface area contributed by atoms with Crippen LogP contribution >= 0.6 is 11.3 Å². The lowest BCUT2D eigenvalue weighted by molar-refractivity contribution is 0.598. The molecular formula is C16H14N2O2S2. The zero-order chi connectivity index (χ0) is 15.7. The third-order valence-electron chi connectivity index (χ3n) is 3.24. The van der Waals surface area contributed by atoms with Crippen molar-refractivity contribution in [1.82, 2.24) is 4.98 Å². The average molecular weight is 330 g/mol. The number of benzene rings is 2. The molecule has 3 aromatic rings. The molecule has 0 unspecified atom stereocenters. The second-order valence-electron chi connectivity index (χ2n) is 4.90. The van der Waals surface area contributed by atoms with E-state index in [-0.39, 0.29) is 4.90 Å². The first-order valence-electron chi connectivity index (χ1n) is 6.60. The van der Waals surface area contributed by atoms with E-state index in [4.69, 9.17) is 5.14 Å². The molecule has 0 aliphatic carbocycles. The first kappa shape index (κ1) is 14.9. The molecule has 0 bridgehead atoms. The summed E-state index contributed by atoms with van der Waals surface area (Å²) in [6.07, 6.45) is 1.82. The quantitative estimate of drug-likeness (QED) is 0.799. The van der Waals surface area contributed by atoms with Gasteiger partial charge in [-0.1, -0.05) is 36.4 Å². The van der Waals surface area contributed by atoms with Crippen LogP contribution in [0.2, 0.25) is 0 Å². The van der Waals surface area contributed by atoms with E-state index in [1.165, 1.54) is 6.07 Å². The van der Waals surface area contributed by atoms with Crippen LogP contribution in [0, 0.1) is 6.92 Å². The molecule has 0 amide bonds. The van der Waals surface area contributed by atoms with Crippen LogP contribution in [0.15, 0.2) is 59.6 Å². The molecule has 0 saturated heterocycles. The predicted molar refractivity (Wildman–Crippen MR) is 89.1 cm³/mol. The molecule has 6 heteroatoms. The van der Waals surface area contributed by atoms with Gasteiger partial charge in [-0.15, -0.1) is 11.3 Å². The summed E-state index contributed by atoms with van der Waals surface area (Å²) in [6.45, 7) is 2.00. The molecule has 1 heterocycles. The minimum atomic E-state index is -3.77. The third-order valence-corrected chi connectivity index (χ3v) is 5.17. The Labute approximate surface area is 133 Å². The molecule has 22 heavy (non-hydrogen) atoms. The lowest BCUT2D eigenvalue weighted by Gasteiger charge is -2.08. The number of aryl methyl sites for hydroxylation is 1. The first-order valence-corrected chi connectivity index (χ1v) is 8.96. The first-order chi connectivity index (χ1) is 10.4. The summed E-state index contributed by atoms with van der Waals surface area (Å²) in [5.74, 6) is 0. The number of nitrogens with two attached hydrogens (primary N) is 1. The Morgan fingerprint density at radius 1 is 1.05 bits per heavy atom. The fourth-order valence-corrected chi connectivity index (χ4v) is 3.78. The van der Waals surface area contributed by atoms with E-state index in [2.05, 4.69) is 4.98 Å². The molecule has 0 radical (unpaired) electrons. The molecule has 0 spiro atoms. The maximum Gasteiger partial charge on any atom is 0.238 e. The minimum absolute atomic E-state index is 0.127. The summed E-state index contributed by atoms with van der Waals surface area (Å²) in [5, 5.41) is 6.22. The lowest BCUT2D eigenvalue weighted by Crippen LogP contribution is -2.13. The summed E-state index contributed by atoms with van der Waals surface area (Å²) >= 11 is 1.60. The second kappa shape index (κ2) is 5.64. The van der Waals surface area contributed by atoms with Gasteiger partial charge < -0.3 is 0 Å². The topological polar surface area (TPSA) is 73.0 Å². The van der Waals surface area contributed by atoms with Crippen molar-refractivity contribution in [2.45, 2.75) is 11.8 Å². The highest BCUT2D eigenvalue weighted by Gasteiger charge is 2.15. The van der Waals surface area contributed by atoms with Crippen LogP contribution in [0.3, 0.4) is 0 Å². The average Bonchev–Trinajstić information content (AvgIpc) is 2.93. The standard InChI is InChI=1S/C16H14N2O2S2/c1-11-10-18-16(21-11)13-6-4-5-12(9-13)14-7-2-3-8-15(14)22(17,19)20/h2-10H,1H3,(H2,17,19,20). The Kier molecular flexibility index (Phi) is 3.82. The van der Waals surface area contributed by atoms with Gasteiger partial charge in [0.1, 0.15) is 5.01 Å². The summed E-state index contributed by atoms with van der Waals surface area (Å²) in [4.78, 5) is 5.62. The zero-order valence-electron chi connectivity index (χ0n) is 11.9. The van der Waals surface area contributed by atoms with E-state index in [0.717, 1.165) is 21.0 Å². The number of primary sulfonamides is 1. The maximum absolute atomic E-state index is 11.8. The van der Waals surface area contributed by atoms with Crippen molar-refractivity contribution < 1.29 is 8.42 Å². The molecular weight excluding hydrogens is 316 g/mol. The molecule has 1 aromatic heterocycles. The predicted octanol–water partition coefficient (Wildman–Crippen LogP) is 3.43. The molecule has 3 rings (SSSR count). The van der Waals surface area contributed by atoms with Crippen molar-refractivity contribution in [3.8, 4) is 21.7 Å². The molecule has 4 nitrogen and oxygen atoms in total. The number of hydrogen-bond donors (Lipinski definition) is 1. The Morgan fingerprint density at radius 2 is 1.77 bits per heavy atom. The molecule has 0 aliphatic rings. The van der Waals surface area contributed by atoms with E-state index in [1.807, 2.05) is 37.4 Å². The molecule has 0 saturated carbocycles. The van der Waals surface area contributed by atoms with E-state index >= 15 is 0 Å². The second-order valence-corrected chi connectivity index (χ2v) is 7.66. The largest absolute Gasteiger partial charge is 0.244 e. The van der Waals surface area contributed by atoms with Crippen molar-refractivity contribution in [3.05, 3.63) is 59.6 Å². The maximum atomic E-state index is 11.8. The van der Waals surface area contributed by atoms with Gasteiger partial charge in [0.05, 0.1) is 4.90 Å². The van der Waals surface area contributed by atoms with Gasteiger partial charge in [-0.05, 0) is 24.6 Å². The Hall–Kier alpha value is -2.02. The summed E-state index contributed by atoms with van der Waals surface area (Å²) < 4.78 is 23.5. The van der Waals surface area contributed by atoms with Crippen LogP contribution < -0.4 is 5.14 Å². The zero-order valence-corrected chi connectivity index (χ0v) is 13.5. The van der Waals surface area contributed by atoms with Crippen molar-refractivity contribution in [1.29, 1.82) is 0 Å². The summed E-state index contributed by atoms with van der Waals surface area (Å²) in [5.41, 5.74) is 2.36. The molecule has 0 aliphatic heterocycles. The van der Waals surface area contributed by atoms with Gasteiger partial charge in [0.15, 0.2) is 0 Å². The van der Waals surface area contributed by atoms with E-state index in [0.29, 0.717) is 5.56 Å². The molecule has 2 N–H and O–H groups in total. The van der Waals surface area contributed by atoms with Crippen LogP contribution in [-0.2, 0) is 10.0 Å². The van der Waals surface area contributed by atoms with E-state index in [1.54, 1.807) is 29.5 Å². The minimum Gasteiger partial charge on any atom is -0.244 e. The van der Waals surface area contributed by atoms with Crippen LogP contribution in [0.25, 0.3) is 21.7 Å².